The van der Waals surface area contributed by atoms with Crippen molar-refractivity contribution in [1.82, 2.24) is 5.12 Å². The Morgan fingerprint density at radius 3 is 2.47 bits per heavy atom. The Morgan fingerprint density at radius 2 is 1.82 bits per heavy atom. The maximum Gasteiger partial charge on any atom is 0.145 e. The predicted octanol–water partition coefficient (Wildman–Crippen LogP) is 4.25. The third-order valence-electron chi connectivity index (χ3n) is 6.31. The molecule has 1 aliphatic rings. The number of fused-ring (bicyclic) bond motifs is 1. The van der Waals surface area contributed by atoms with E-state index in [2.05, 4.69) is 53.3 Å². The molecule has 0 radical (unpaired) electrons. The first-order chi connectivity index (χ1) is 16.3. The fourth-order valence-corrected chi connectivity index (χ4v) is 4.62. The van der Waals surface area contributed by atoms with Gasteiger partial charge >= 0.3 is 0 Å². The highest BCUT2D eigenvalue weighted by molar-refractivity contribution is 5.94. The summed E-state index contributed by atoms with van der Waals surface area (Å²) in [7, 11) is 3.30. The second kappa shape index (κ2) is 9.57. The number of nitrogens with zero attached hydrogens (tertiary/aromatic N) is 3. The summed E-state index contributed by atoms with van der Waals surface area (Å²) in [4.78, 5) is 2.34. The van der Waals surface area contributed by atoms with Crippen LogP contribution in [0.3, 0.4) is 0 Å². The molecule has 34 heavy (non-hydrogen) atoms. The van der Waals surface area contributed by atoms with Crippen LogP contribution in [0.2, 0.25) is 0 Å². The smallest absolute Gasteiger partial charge is 0.145 e. The van der Waals surface area contributed by atoms with Gasteiger partial charge in [0, 0.05) is 19.3 Å². The highest BCUT2D eigenvalue weighted by atomic mass is 19.1. The van der Waals surface area contributed by atoms with Crippen molar-refractivity contribution in [2.75, 3.05) is 25.6 Å². The molecule has 176 valence electrons. The summed E-state index contributed by atoms with van der Waals surface area (Å²) in [6.07, 6.45) is 4.48. The third-order valence-corrected chi connectivity index (χ3v) is 6.31. The molecule has 3 aromatic rings. The molecule has 0 spiro atoms. The van der Waals surface area contributed by atoms with E-state index in [1.165, 1.54) is 28.4 Å². The van der Waals surface area contributed by atoms with Crippen molar-refractivity contribution in [3.63, 3.8) is 0 Å². The highest BCUT2D eigenvalue weighted by Gasteiger charge is 2.40. The molecule has 0 aromatic heterocycles. The van der Waals surface area contributed by atoms with Crippen LogP contribution in [0.25, 0.3) is 6.08 Å². The molecule has 1 aliphatic heterocycles. The molecule has 3 aromatic carbocycles. The van der Waals surface area contributed by atoms with Crippen LogP contribution in [0.15, 0.2) is 77.9 Å². The average molecular weight is 460 g/mol. The first-order valence-electron chi connectivity index (χ1n) is 11.1. The summed E-state index contributed by atoms with van der Waals surface area (Å²) in [6.45, 7) is 3.01. The number of amidine groups is 1. The number of anilines is 1. The Bertz CT molecular complexity index is 1200. The SMILES string of the molecule is COc1ccc2c(c1)CCN(c1ccc(F)cc1)C2(C)c1ccc(/C=C/C(N)=N/N(C)N)cc1. The quantitative estimate of drug-likeness (QED) is 0.249. The van der Waals surface area contributed by atoms with Crippen LogP contribution < -0.4 is 21.2 Å². The molecule has 6 nitrogen and oxygen atoms in total. The second-order valence-electron chi connectivity index (χ2n) is 8.53. The normalized spacial score (nSPS) is 18.1. The number of methoxy groups -OCH3 is 1. The van der Waals surface area contributed by atoms with Gasteiger partial charge in [-0.15, -0.1) is 5.10 Å². The lowest BCUT2D eigenvalue weighted by atomic mass is 9.76. The van der Waals surface area contributed by atoms with Crippen molar-refractivity contribution in [2.24, 2.45) is 16.7 Å². The summed E-state index contributed by atoms with van der Waals surface area (Å²) in [5, 5.41) is 5.13. The van der Waals surface area contributed by atoms with Crippen LogP contribution in [0.1, 0.15) is 29.2 Å². The molecule has 0 fully saturated rings. The summed E-state index contributed by atoms with van der Waals surface area (Å²) in [5.41, 5.74) is 10.9. The van der Waals surface area contributed by atoms with E-state index in [4.69, 9.17) is 16.3 Å². The van der Waals surface area contributed by atoms with E-state index in [1.807, 2.05) is 24.3 Å². The molecule has 0 saturated heterocycles. The van der Waals surface area contributed by atoms with Crippen molar-refractivity contribution in [3.8, 4) is 5.75 Å². The van der Waals surface area contributed by atoms with Gasteiger partial charge in [-0.2, -0.15) is 0 Å². The van der Waals surface area contributed by atoms with Crippen LogP contribution in [-0.2, 0) is 12.0 Å². The molecule has 4 N–H and O–H groups in total. The predicted molar refractivity (Wildman–Crippen MR) is 136 cm³/mol. The number of rotatable bonds is 6. The molecule has 4 rings (SSSR count). The van der Waals surface area contributed by atoms with E-state index in [0.717, 1.165) is 35.5 Å². The minimum Gasteiger partial charge on any atom is -0.497 e. The molecule has 0 aliphatic carbocycles. The standard InChI is InChI=1S/C27H30FN5O/c1-27(21-7-4-19(5-8-21)6-15-26(29)31-32(2)30)25-14-13-24(34-3)18-20(25)16-17-33(27)23-11-9-22(28)10-12-23/h4-15,18H,16-17,30H2,1-3H3,(H2,29,31)/b15-6+. The lowest BCUT2D eigenvalue weighted by Crippen LogP contribution is -2.49. The Kier molecular flexibility index (Phi) is 6.56. The third kappa shape index (κ3) is 4.61. The summed E-state index contributed by atoms with van der Waals surface area (Å²) in [6, 6.07) is 21.3. The molecule has 1 heterocycles. The first-order valence-corrected chi connectivity index (χ1v) is 11.1. The average Bonchev–Trinajstić information content (AvgIpc) is 2.83. The van der Waals surface area contributed by atoms with Gasteiger partial charge in [0.15, 0.2) is 0 Å². The topological polar surface area (TPSA) is 80.1 Å². The van der Waals surface area contributed by atoms with E-state index in [-0.39, 0.29) is 5.82 Å². The van der Waals surface area contributed by atoms with E-state index in [0.29, 0.717) is 5.84 Å². The number of halogens is 1. The van der Waals surface area contributed by atoms with Crippen molar-refractivity contribution in [3.05, 3.63) is 101 Å². The minimum atomic E-state index is -0.456. The van der Waals surface area contributed by atoms with Gasteiger partial charge in [-0.1, -0.05) is 36.4 Å². The Hall–Kier alpha value is -3.84. The first kappa shape index (κ1) is 23.3. The molecule has 1 unspecified atom stereocenters. The van der Waals surface area contributed by atoms with Crippen LogP contribution in [0.4, 0.5) is 10.1 Å². The van der Waals surface area contributed by atoms with E-state index < -0.39 is 5.54 Å². The van der Waals surface area contributed by atoms with Crippen LogP contribution >= 0.6 is 0 Å². The zero-order valence-electron chi connectivity index (χ0n) is 19.7. The highest BCUT2D eigenvalue weighted by Crippen LogP contribution is 2.44. The monoisotopic (exact) mass is 459 g/mol. The van der Waals surface area contributed by atoms with E-state index in [9.17, 15) is 4.39 Å². The minimum absolute atomic E-state index is 0.243. The molecular weight excluding hydrogens is 429 g/mol. The maximum atomic E-state index is 13.7. The number of hydrazone groups is 1. The van der Waals surface area contributed by atoms with Gasteiger partial charge < -0.3 is 15.4 Å². The fourth-order valence-electron chi connectivity index (χ4n) is 4.62. The molecule has 0 amide bonds. The van der Waals surface area contributed by atoms with E-state index >= 15 is 0 Å². The number of benzene rings is 3. The van der Waals surface area contributed by atoms with Gasteiger partial charge in [0.2, 0.25) is 0 Å². The lowest BCUT2D eigenvalue weighted by Gasteiger charge is -2.48. The molecular formula is C27H30FN5O. The van der Waals surface area contributed by atoms with Crippen molar-refractivity contribution in [1.29, 1.82) is 0 Å². The largest absolute Gasteiger partial charge is 0.497 e. The number of ether oxygens (including phenoxy) is 1. The fraction of sp³-hybridized carbons (Fsp3) is 0.222. The number of nitrogens with two attached hydrogens (primary N) is 2. The molecule has 1 atom stereocenters. The van der Waals surface area contributed by atoms with Crippen molar-refractivity contribution >= 4 is 17.6 Å². The van der Waals surface area contributed by atoms with Crippen molar-refractivity contribution in [2.45, 2.75) is 18.9 Å². The molecule has 0 saturated carbocycles. The van der Waals surface area contributed by atoms with Gasteiger partial charge in [-0.3, -0.25) is 0 Å². The number of hydrogen-bond donors (Lipinski definition) is 2. The van der Waals surface area contributed by atoms with Gasteiger partial charge in [-0.05, 0) is 78.1 Å². The summed E-state index contributed by atoms with van der Waals surface area (Å²) < 4.78 is 19.1. The second-order valence-corrected chi connectivity index (χ2v) is 8.53. The molecule has 0 bridgehead atoms. The number of hydrazine groups is 1. The summed E-state index contributed by atoms with van der Waals surface area (Å²) >= 11 is 0. The van der Waals surface area contributed by atoms with Gasteiger partial charge in [0.05, 0.1) is 12.6 Å². The lowest BCUT2D eigenvalue weighted by molar-refractivity contribution is 0.372. The van der Waals surface area contributed by atoms with E-state index in [1.54, 1.807) is 20.2 Å². The Balaban J connectivity index is 1.76. The zero-order valence-corrected chi connectivity index (χ0v) is 19.7. The van der Waals surface area contributed by atoms with Crippen LogP contribution in [0, 0.1) is 5.82 Å². The van der Waals surface area contributed by atoms with Gasteiger partial charge in [0.1, 0.15) is 17.4 Å². The maximum absolute atomic E-state index is 13.7. The number of hydrogen-bond acceptors (Lipinski definition) is 5. The zero-order chi connectivity index (χ0) is 24.3. The Labute approximate surface area is 199 Å². The summed E-state index contributed by atoms with van der Waals surface area (Å²) in [5.74, 6) is 6.43. The van der Waals surface area contributed by atoms with Gasteiger partial charge in [0.25, 0.3) is 0 Å². The Morgan fingerprint density at radius 1 is 1.12 bits per heavy atom. The molecule has 7 heteroatoms. The van der Waals surface area contributed by atoms with Crippen molar-refractivity contribution < 1.29 is 9.13 Å². The van der Waals surface area contributed by atoms with Crippen LogP contribution in [-0.4, -0.2) is 31.7 Å². The van der Waals surface area contributed by atoms with Gasteiger partial charge in [-0.25, -0.2) is 15.4 Å². The van der Waals surface area contributed by atoms with Crippen LogP contribution in [0.5, 0.6) is 5.75 Å².